The Morgan fingerprint density at radius 2 is 1.80 bits per heavy atom. The molecule has 0 unspecified atom stereocenters. The van der Waals surface area contributed by atoms with E-state index >= 15 is 0 Å². The van der Waals surface area contributed by atoms with Crippen molar-refractivity contribution in [2.24, 2.45) is 28.1 Å². The normalized spacial score (nSPS) is 10.8. The van der Waals surface area contributed by atoms with Gasteiger partial charge in [-0.2, -0.15) is 0 Å². The van der Waals surface area contributed by atoms with Gasteiger partial charge in [0, 0.05) is 13.1 Å². The maximum Gasteiger partial charge on any atom is 0.185 e. The summed E-state index contributed by atoms with van der Waals surface area (Å²) in [6.45, 7) is 8.94. The van der Waals surface area contributed by atoms with E-state index in [1.807, 2.05) is 0 Å². The zero-order valence-corrected chi connectivity index (χ0v) is 12.9. The Bertz CT molecular complexity index is 284. The summed E-state index contributed by atoms with van der Waals surface area (Å²) in [5.41, 5.74) is 15.9. The molecule has 0 spiro atoms. The average molecular weight is 285 g/mol. The molecule has 0 aromatic rings. The first-order valence-corrected chi connectivity index (χ1v) is 7.27. The molecular formula is C13H31N7. The summed E-state index contributed by atoms with van der Waals surface area (Å²) in [7, 11) is 0. The number of guanidine groups is 2. The molecule has 7 heteroatoms. The van der Waals surface area contributed by atoms with Crippen LogP contribution in [0, 0.1) is 11.3 Å². The second-order valence-electron chi connectivity index (χ2n) is 5.38. The van der Waals surface area contributed by atoms with E-state index in [1.54, 1.807) is 0 Å². The zero-order chi connectivity index (χ0) is 15.4. The van der Waals surface area contributed by atoms with E-state index < -0.39 is 0 Å². The largest absolute Gasteiger partial charge is 0.370 e. The molecule has 0 saturated heterocycles. The highest BCUT2D eigenvalue weighted by molar-refractivity contribution is 5.75. The minimum Gasteiger partial charge on any atom is -0.370 e. The molecule has 20 heavy (non-hydrogen) atoms. The van der Waals surface area contributed by atoms with Crippen molar-refractivity contribution in [1.29, 1.82) is 5.41 Å². The third-order valence-electron chi connectivity index (χ3n) is 2.92. The molecule has 0 amide bonds. The fourth-order valence-corrected chi connectivity index (χ4v) is 1.80. The third-order valence-corrected chi connectivity index (χ3v) is 2.92. The highest BCUT2D eigenvalue weighted by Crippen LogP contribution is 2.03. The van der Waals surface area contributed by atoms with Crippen LogP contribution in [0.15, 0.2) is 4.99 Å². The molecule has 0 saturated carbocycles. The number of nitrogens with zero attached hydrogens (tertiary/aromatic N) is 2. The average Bonchev–Trinajstić information content (AvgIpc) is 2.34. The van der Waals surface area contributed by atoms with Crippen LogP contribution < -0.4 is 22.5 Å². The molecule has 0 bridgehead atoms. The molecule has 0 heterocycles. The van der Waals surface area contributed by atoms with E-state index in [-0.39, 0.29) is 11.9 Å². The summed E-state index contributed by atoms with van der Waals surface area (Å²) >= 11 is 0. The molecule has 118 valence electrons. The van der Waals surface area contributed by atoms with Crippen LogP contribution >= 0.6 is 0 Å². The molecule has 0 atom stereocenters. The molecule has 8 N–H and O–H groups in total. The van der Waals surface area contributed by atoms with Gasteiger partial charge in [0.2, 0.25) is 0 Å². The van der Waals surface area contributed by atoms with Gasteiger partial charge in [0.25, 0.3) is 0 Å². The predicted octanol–water partition coefficient (Wildman–Crippen LogP) is -0.129. The summed E-state index contributed by atoms with van der Waals surface area (Å²) in [5.74, 6) is 0.890. The lowest BCUT2D eigenvalue weighted by Crippen LogP contribution is -2.34. The molecule has 0 aliphatic rings. The molecule has 0 radical (unpaired) electrons. The fourth-order valence-electron chi connectivity index (χ4n) is 1.80. The number of aliphatic imine (C=N–C) groups is 1. The van der Waals surface area contributed by atoms with Crippen LogP contribution in [0.2, 0.25) is 0 Å². The molecule has 0 fully saturated rings. The van der Waals surface area contributed by atoms with Gasteiger partial charge in [0.15, 0.2) is 11.9 Å². The standard InChI is InChI=1S/C13H31N7/c1-11(2)5-10-20(8-3-6-18-12(14)15)9-4-7-19-13(16)17/h11H,3-10H2,1-2H3,(H4,14,15,18)(H4,16,17,19). The number of hydrogen-bond acceptors (Lipinski definition) is 3. The zero-order valence-electron chi connectivity index (χ0n) is 12.9. The van der Waals surface area contributed by atoms with Crippen molar-refractivity contribution < 1.29 is 0 Å². The Labute approximate surface area is 122 Å². The van der Waals surface area contributed by atoms with E-state index in [4.69, 9.17) is 22.6 Å². The lowest BCUT2D eigenvalue weighted by atomic mass is 10.1. The minimum atomic E-state index is 0.0338. The van der Waals surface area contributed by atoms with Crippen LogP contribution in [0.25, 0.3) is 0 Å². The van der Waals surface area contributed by atoms with Gasteiger partial charge in [0.1, 0.15) is 0 Å². The van der Waals surface area contributed by atoms with Crippen molar-refractivity contribution in [3.8, 4) is 0 Å². The first kappa shape index (κ1) is 18.5. The summed E-state index contributed by atoms with van der Waals surface area (Å²) in [6, 6.07) is 0. The van der Waals surface area contributed by atoms with Crippen molar-refractivity contribution in [2.75, 3.05) is 32.7 Å². The Hall–Kier alpha value is -1.50. The van der Waals surface area contributed by atoms with Crippen molar-refractivity contribution >= 4 is 11.9 Å². The van der Waals surface area contributed by atoms with Gasteiger partial charge in [0.05, 0.1) is 0 Å². The summed E-state index contributed by atoms with van der Waals surface area (Å²) < 4.78 is 0. The predicted molar refractivity (Wildman–Crippen MR) is 85.7 cm³/mol. The lowest BCUT2D eigenvalue weighted by Gasteiger charge is -2.23. The first-order chi connectivity index (χ1) is 9.41. The van der Waals surface area contributed by atoms with Crippen LogP contribution in [-0.2, 0) is 0 Å². The summed E-state index contributed by atoms with van der Waals surface area (Å²) in [6.07, 6.45) is 3.11. The summed E-state index contributed by atoms with van der Waals surface area (Å²) in [5, 5.41) is 9.94. The van der Waals surface area contributed by atoms with Gasteiger partial charge in [-0.3, -0.25) is 10.4 Å². The van der Waals surface area contributed by atoms with Gasteiger partial charge < -0.3 is 27.4 Å². The van der Waals surface area contributed by atoms with Gasteiger partial charge >= 0.3 is 0 Å². The van der Waals surface area contributed by atoms with E-state index in [1.165, 1.54) is 6.42 Å². The molecule has 0 aromatic heterocycles. The molecule has 0 rings (SSSR count). The summed E-state index contributed by atoms with van der Waals surface area (Å²) in [4.78, 5) is 6.42. The Balaban J connectivity index is 3.93. The van der Waals surface area contributed by atoms with Gasteiger partial charge in [-0.25, -0.2) is 0 Å². The number of hydrogen-bond donors (Lipinski definition) is 5. The maximum absolute atomic E-state index is 7.11. The monoisotopic (exact) mass is 285 g/mol. The van der Waals surface area contributed by atoms with E-state index in [2.05, 4.69) is 29.1 Å². The Morgan fingerprint density at radius 1 is 1.15 bits per heavy atom. The lowest BCUT2D eigenvalue weighted by molar-refractivity contribution is 0.253. The molecule has 7 nitrogen and oxygen atoms in total. The second kappa shape index (κ2) is 11.3. The molecule has 0 aromatic carbocycles. The van der Waals surface area contributed by atoms with Crippen molar-refractivity contribution in [3.63, 3.8) is 0 Å². The van der Waals surface area contributed by atoms with Crippen LogP contribution in [0.1, 0.15) is 33.1 Å². The molecule has 0 aliphatic heterocycles. The Morgan fingerprint density at radius 3 is 2.35 bits per heavy atom. The quantitative estimate of drug-likeness (QED) is 0.205. The number of nitrogens with one attached hydrogen (secondary N) is 2. The van der Waals surface area contributed by atoms with E-state index in [0.717, 1.165) is 39.0 Å². The van der Waals surface area contributed by atoms with E-state index in [0.29, 0.717) is 12.5 Å². The smallest absolute Gasteiger partial charge is 0.185 e. The molecular weight excluding hydrogens is 254 g/mol. The topological polar surface area (TPSA) is 130 Å². The first-order valence-electron chi connectivity index (χ1n) is 7.27. The Kier molecular flexibility index (Phi) is 10.5. The van der Waals surface area contributed by atoms with Crippen LogP contribution in [0.5, 0.6) is 0 Å². The van der Waals surface area contributed by atoms with Crippen LogP contribution in [0.4, 0.5) is 0 Å². The number of rotatable bonds is 11. The second-order valence-corrected chi connectivity index (χ2v) is 5.38. The van der Waals surface area contributed by atoms with Crippen molar-refractivity contribution in [3.05, 3.63) is 0 Å². The highest BCUT2D eigenvalue weighted by atomic mass is 15.1. The SMILES string of the molecule is CC(C)CCN(CCCN=C(N)N)CCCNC(=N)N. The van der Waals surface area contributed by atoms with Crippen LogP contribution in [-0.4, -0.2) is 49.5 Å². The van der Waals surface area contributed by atoms with Crippen molar-refractivity contribution in [1.82, 2.24) is 10.2 Å². The van der Waals surface area contributed by atoms with Gasteiger partial charge in [-0.1, -0.05) is 13.8 Å². The fraction of sp³-hybridized carbons (Fsp3) is 0.846. The van der Waals surface area contributed by atoms with E-state index in [9.17, 15) is 0 Å². The number of nitrogens with two attached hydrogens (primary N) is 3. The van der Waals surface area contributed by atoms with Crippen LogP contribution in [0.3, 0.4) is 0 Å². The maximum atomic E-state index is 7.11. The minimum absolute atomic E-state index is 0.0338. The molecule has 0 aliphatic carbocycles. The van der Waals surface area contributed by atoms with Gasteiger partial charge in [-0.15, -0.1) is 0 Å². The van der Waals surface area contributed by atoms with Crippen molar-refractivity contribution in [2.45, 2.75) is 33.1 Å². The highest BCUT2D eigenvalue weighted by Gasteiger charge is 2.06. The van der Waals surface area contributed by atoms with Gasteiger partial charge in [-0.05, 0) is 44.8 Å². The third kappa shape index (κ3) is 12.9.